The summed E-state index contributed by atoms with van der Waals surface area (Å²) >= 11 is 0. The monoisotopic (exact) mass is 521 g/mol. The summed E-state index contributed by atoms with van der Waals surface area (Å²) in [6.45, 7) is 7.33. The van der Waals surface area contributed by atoms with E-state index >= 15 is 0 Å². The molecular weight excluding hydrogens is 487 g/mol. The van der Waals surface area contributed by atoms with Gasteiger partial charge in [0.25, 0.3) is 0 Å². The van der Waals surface area contributed by atoms with Crippen LogP contribution in [-0.4, -0.2) is 39.5 Å². The number of rotatable bonds is 11. The number of unbranched alkanes of at least 4 members (excludes halogenated alkanes) is 1. The fourth-order valence-corrected chi connectivity index (χ4v) is 4.50. The Morgan fingerprint density at radius 2 is 1.84 bits per heavy atom. The quantitative estimate of drug-likeness (QED) is 0.300. The van der Waals surface area contributed by atoms with Crippen LogP contribution in [0.15, 0.2) is 60.8 Å². The second kappa shape index (κ2) is 12.8. The smallest absolute Gasteiger partial charge is 0.369 e. The number of aromatic nitrogens is 3. The molecule has 5 nitrogen and oxygen atoms in total. The molecule has 2 heterocycles. The van der Waals surface area contributed by atoms with Gasteiger partial charge in [0.05, 0.1) is 23.5 Å². The number of hydrogen-bond acceptors (Lipinski definition) is 5. The molecule has 0 radical (unpaired) electrons. The molecule has 0 fully saturated rings. The van der Waals surface area contributed by atoms with Gasteiger partial charge in [-0.15, -0.1) is 0 Å². The van der Waals surface area contributed by atoms with Crippen LogP contribution in [-0.2, 0) is 25.6 Å². The average Bonchev–Trinajstić information content (AvgIpc) is 3.14. The highest BCUT2D eigenvalue weighted by molar-refractivity contribution is 5.88. The molecule has 200 valence electrons. The van der Waals surface area contributed by atoms with E-state index in [4.69, 9.17) is 9.97 Å². The lowest BCUT2D eigenvalue weighted by molar-refractivity contribution is -0.138. The van der Waals surface area contributed by atoms with Gasteiger partial charge in [0, 0.05) is 23.9 Å². The maximum Gasteiger partial charge on any atom is 0.418 e. The molecule has 0 bridgehead atoms. The van der Waals surface area contributed by atoms with Crippen molar-refractivity contribution >= 4 is 17.5 Å². The molecule has 0 saturated carbocycles. The maximum absolute atomic E-state index is 13.8. The topological polar surface area (TPSA) is 53.9 Å². The van der Waals surface area contributed by atoms with E-state index in [0.29, 0.717) is 36.6 Å². The predicted molar refractivity (Wildman–Crippen MR) is 146 cm³/mol. The lowest BCUT2D eigenvalue weighted by Crippen LogP contribution is -2.26. The molecule has 1 N–H and O–H groups in total. The number of pyridine rings is 1. The van der Waals surface area contributed by atoms with E-state index in [9.17, 15) is 13.2 Å². The van der Waals surface area contributed by atoms with E-state index in [-0.39, 0.29) is 5.69 Å². The van der Waals surface area contributed by atoms with Gasteiger partial charge in [0.1, 0.15) is 11.6 Å². The van der Waals surface area contributed by atoms with Gasteiger partial charge in [-0.25, -0.2) is 9.97 Å². The first-order chi connectivity index (χ1) is 18.4. The number of anilines is 1. The van der Waals surface area contributed by atoms with Crippen LogP contribution in [0.1, 0.15) is 60.6 Å². The van der Waals surface area contributed by atoms with Crippen LogP contribution < -0.4 is 5.32 Å². The summed E-state index contributed by atoms with van der Waals surface area (Å²) in [5.41, 5.74) is 2.24. The number of allylic oxidation sites excluding steroid dienone is 3. The second-order valence-electron chi connectivity index (χ2n) is 9.34. The van der Waals surface area contributed by atoms with Crippen molar-refractivity contribution < 1.29 is 13.2 Å². The first-order valence-electron chi connectivity index (χ1n) is 13.2. The molecule has 8 heteroatoms. The zero-order valence-electron chi connectivity index (χ0n) is 21.9. The summed E-state index contributed by atoms with van der Waals surface area (Å²) < 4.78 is 41.3. The number of alkyl halides is 3. The van der Waals surface area contributed by atoms with E-state index in [1.807, 2.05) is 24.3 Å². The highest BCUT2D eigenvalue weighted by Gasteiger charge is 2.34. The number of fused-ring (bicyclic) bond motifs is 1. The molecule has 38 heavy (non-hydrogen) atoms. The van der Waals surface area contributed by atoms with E-state index in [1.165, 1.54) is 17.8 Å². The third-order valence-electron chi connectivity index (χ3n) is 6.57. The van der Waals surface area contributed by atoms with Crippen molar-refractivity contribution in [3.05, 3.63) is 94.7 Å². The molecule has 3 aromatic rings. The van der Waals surface area contributed by atoms with Gasteiger partial charge in [-0.2, -0.15) is 13.2 Å². The third kappa shape index (κ3) is 7.07. The standard InChI is InChI=1S/C30H34F3N5/c1-3-5-19-38(4-2)21-27-36-26-20-23(28-25(30(31,32)33)15-10-17-34-28)13-9-14-24(26)29(37-27)35-18-16-22-11-7-6-8-12-22/h6-13,15,17,20H,3-5,14,16,18-19,21H2,1-2H3,(H,35,36,37). The number of benzene rings is 1. The molecule has 2 aromatic heterocycles. The zero-order valence-corrected chi connectivity index (χ0v) is 21.9. The molecule has 0 unspecified atom stereocenters. The molecule has 0 spiro atoms. The van der Waals surface area contributed by atoms with Crippen LogP contribution in [0.5, 0.6) is 0 Å². The van der Waals surface area contributed by atoms with Crippen molar-refractivity contribution in [3.63, 3.8) is 0 Å². The van der Waals surface area contributed by atoms with Gasteiger partial charge >= 0.3 is 6.18 Å². The largest absolute Gasteiger partial charge is 0.418 e. The summed E-state index contributed by atoms with van der Waals surface area (Å²) in [7, 11) is 0. The first-order valence-corrected chi connectivity index (χ1v) is 13.2. The Morgan fingerprint density at radius 1 is 1.03 bits per heavy atom. The van der Waals surface area contributed by atoms with Crippen molar-refractivity contribution in [2.24, 2.45) is 0 Å². The summed E-state index contributed by atoms with van der Waals surface area (Å²) in [6, 6.07) is 12.6. The molecule has 0 saturated heterocycles. The Labute approximate surface area is 222 Å². The number of halogens is 3. The minimum Gasteiger partial charge on any atom is -0.369 e. The van der Waals surface area contributed by atoms with Crippen LogP contribution in [0.3, 0.4) is 0 Å². The summed E-state index contributed by atoms with van der Waals surface area (Å²) in [5.74, 6) is 1.38. The Bertz CT molecular complexity index is 1270. The lowest BCUT2D eigenvalue weighted by atomic mass is 10.0. The number of hydrogen-bond donors (Lipinski definition) is 1. The number of nitrogens with one attached hydrogen (secondary N) is 1. The second-order valence-corrected chi connectivity index (χ2v) is 9.34. The third-order valence-corrected chi connectivity index (χ3v) is 6.57. The van der Waals surface area contributed by atoms with Gasteiger partial charge in [-0.1, -0.05) is 62.8 Å². The Balaban J connectivity index is 1.71. The molecule has 1 aliphatic rings. The van der Waals surface area contributed by atoms with Crippen LogP contribution in [0.25, 0.3) is 11.6 Å². The highest BCUT2D eigenvalue weighted by Crippen LogP contribution is 2.36. The van der Waals surface area contributed by atoms with Crippen molar-refractivity contribution in [3.8, 4) is 0 Å². The fourth-order valence-electron chi connectivity index (χ4n) is 4.50. The Kier molecular flexibility index (Phi) is 9.29. The molecule has 0 amide bonds. The Hall–Kier alpha value is -3.52. The minimum atomic E-state index is -4.50. The SMILES string of the molecule is CCCCN(CC)Cc1nc2c(c(NCCc3ccccc3)n1)CC=CC(c1ncccc1C(F)(F)F)=C2. The average molecular weight is 522 g/mol. The van der Waals surface area contributed by atoms with Crippen molar-refractivity contribution in [1.82, 2.24) is 19.9 Å². The van der Waals surface area contributed by atoms with Gasteiger partial charge in [0.15, 0.2) is 0 Å². The maximum atomic E-state index is 13.8. The normalized spacial score (nSPS) is 13.3. The molecule has 0 atom stereocenters. The van der Waals surface area contributed by atoms with Gasteiger partial charge in [-0.3, -0.25) is 9.88 Å². The molecular formula is C30H34F3N5. The lowest BCUT2D eigenvalue weighted by Gasteiger charge is -2.21. The molecule has 1 aliphatic carbocycles. The zero-order chi connectivity index (χ0) is 27.0. The molecule has 4 rings (SSSR count). The predicted octanol–water partition coefficient (Wildman–Crippen LogP) is 6.82. The van der Waals surface area contributed by atoms with Crippen molar-refractivity contribution in [2.75, 3.05) is 25.0 Å². The summed E-state index contributed by atoms with van der Waals surface area (Å²) in [5, 5.41) is 3.49. The summed E-state index contributed by atoms with van der Waals surface area (Å²) in [6.07, 6.45) is 5.66. The van der Waals surface area contributed by atoms with Gasteiger partial charge in [0.2, 0.25) is 0 Å². The van der Waals surface area contributed by atoms with Crippen LogP contribution in [0.4, 0.5) is 19.0 Å². The van der Waals surface area contributed by atoms with E-state index < -0.39 is 11.7 Å². The minimum absolute atomic E-state index is 0.0963. The van der Waals surface area contributed by atoms with Gasteiger partial charge < -0.3 is 5.32 Å². The summed E-state index contributed by atoms with van der Waals surface area (Å²) in [4.78, 5) is 16.1. The van der Waals surface area contributed by atoms with Crippen molar-refractivity contribution in [1.29, 1.82) is 0 Å². The van der Waals surface area contributed by atoms with E-state index in [2.05, 4.69) is 41.2 Å². The van der Waals surface area contributed by atoms with Crippen LogP contribution in [0.2, 0.25) is 0 Å². The van der Waals surface area contributed by atoms with Crippen LogP contribution >= 0.6 is 0 Å². The number of nitrogens with zero attached hydrogens (tertiary/aromatic N) is 4. The molecule has 1 aromatic carbocycles. The first kappa shape index (κ1) is 27.5. The molecule has 0 aliphatic heterocycles. The highest BCUT2D eigenvalue weighted by atomic mass is 19.4. The van der Waals surface area contributed by atoms with Crippen molar-refractivity contribution in [2.45, 2.75) is 52.3 Å². The Morgan fingerprint density at radius 3 is 2.58 bits per heavy atom. The van der Waals surface area contributed by atoms with Gasteiger partial charge in [-0.05, 0) is 56.1 Å². The van der Waals surface area contributed by atoms with Crippen LogP contribution in [0, 0.1) is 0 Å². The van der Waals surface area contributed by atoms with E-state index in [1.54, 1.807) is 12.2 Å². The fraction of sp³-hybridized carbons (Fsp3) is 0.367. The van der Waals surface area contributed by atoms with E-state index in [0.717, 1.165) is 49.8 Å².